The Kier molecular flexibility index (Phi) is 6.65. The molecule has 1 atom stereocenters. The third kappa shape index (κ3) is 5.14. The van der Waals surface area contributed by atoms with Crippen molar-refractivity contribution in [1.29, 1.82) is 5.26 Å². The van der Waals surface area contributed by atoms with Crippen LogP contribution in [-0.2, 0) is 16.1 Å². The number of hydrogen-bond donors (Lipinski definition) is 1. The van der Waals surface area contributed by atoms with E-state index in [0.29, 0.717) is 19.7 Å². The molecule has 1 N–H and O–H groups in total. The van der Waals surface area contributed by atoms with Crippen LogP contribution in [0.25, 0.3) is 17.0 Å². The minimum absolute atomic E-state index is 0.0374. The molecule has 2 aromatic carbocycles. The topological polar surface area (TPSA) is 76.3 Å². The van der Waals surface area contributed by atoms with Crippen molar-refractivity contribution in [3.63, 3.8) is 0 Å². The molecule has 158 valence electrons. The van der Waals surface area contributed by atoms with Crippen LogP contribution in [0.4, 0.5) is 0 Å². The van der Waals surface area contributed by atoms with Crippen molar-refractivity contribution in [3.8, 4) is 11.8 Å². The van der Waals surface area contributed by atoms with Crippen LogP contribution in [0.1, 0.15) is 18.4 Å². The Morgan fingerprint density at radius 3 is 2.81 bits per heavy atom. The van der Waals surface area contributed by atoms with Crippen molar-refractivity contribution in [2.24, 2.45) is 0 Å². The van der Waals surface area contributed by atoms with Gasteiger partial charge in [0, 0.05) is 35.8 Å². The molecular weight excluding hydrogens is 390 g/mol. The maximum Gasteiger partial charge on any atom is 0.262 e. The van der Waals surface area contributed by atoms with E-state index in [2.05, 4.69) is 9.88 Å². The van der Waals surface area contributed by atoms with Crippen LogP contribution in [0.5, 0.6) is 5.75 Å². The van der Waals surface area contributed by atoms with E-state index in [0.717, 1.165) is 41.7 Å². The van der Waals surface area contributed by atoms with E-state index in [9.17, 15) is 10.1 Å². The first-order chi connectivity index (χ1) is 15.2. The van der Waals surface area contributed by atoms with Crippen LogP contribution < -0.4 is 10.1 Å². The second-order valence-corrected chi connectivity index (χ2v) is 7.47. The highest BCUT2D eigenvalue weighted by molar-refractivity contribution is 6.04. The van der Waals surface area contributed by atoms with Gasteiger partial charge in [-0.1, -0.05) is 36.4 Å². The average Bonchev–Trinajstić information content (AvgIpc) is 3.45. The fraction of sp³-hybridized carbons (Fsp3) is 0.280. The molecule has 1 fully saturated rings. The third-order valence-corrected chi connectivity index (χ3v) is 5.34. The van der Waals surface area contributed by atoms with Crippen molar-refractivity contribution in [2.45, 2.75) is 25.5 Å². The number of carbonyl (C=O) groups is 1. The summed E-state index contributed by atoms with van der Waals surface area (Å²) in [6.07, 6.45) is 5.60. The molecule has 4 rings (SSSR count). The second-order valence-electron chi connectivity index (χ2n) is 7.47. The van der Waals surface area contributed by atoms with E-state index < -0.39 is 0 Å². The molecule has 1 amide bonds. The Morgan fingerprint density at radius 1 is 1.23 bits per heavy atom. The lowest BCUT2D eigenvalue weighted by Gasteiger charge is -2.10. The van der Waals surface area contributed by atoms with Gasteiger partial charge >= 0.3 is 0 Å². The number of para-hydroxylation sites is 2. The van der Waals surface area contributed by atoms with Gasteiger partial charge in [-0.05, 0) is 37.1 Å². The largest absolute Gasteiger partial charge is 0.492 e. The summed E-state index contributed by atoms with van der Waals surface area (Å²) in [6.45, 7) is 2.32. The summed E-state index contributed by atoms with van der Waals surface area (Å²) in [6, 6.07) is 19.7. The van der Waals surface area contributed by atoms with E-state index in [-0.39, 0.29) is 17.6 Å². The summed E-state index contributed by atoms with van der Waals surface area (Å²) >= 11 is 0. The molecule has 0 aliphatic carbocycles. The second kappa shape index (κ2) is 9.96. The third-order valence-electron chi connectivity index (χ3n) is 5.34. The van der Waals surface area contributed by atoms with Gasteiger partial charge in [-0.2, -0.15) is 5.26 Å². The smallest absolute Gasteiger partial charge is 0.262 e. The first-order valence-electron chi connectivity index (χ1n) is 10.5. The van der Waals surface area contributed by atoms with Gasteiger partial charge in [0.05, 0.1) is 12.6 Å². The number of fused-ring (bicyclic) bond motifs is 1. The predicted octanol–water partition coefficient (Wildman–Crippen LogP) is 3.92. The maximum atomic E-state index is 12.5. The summed E-state index contributed by atoms with van der Waals surface area (Å²) in [5.41, 5.74) is 1.95. The quantitative estimate of drug-likeness (QED) is 0.447. The van der Waals surface area contributed by atoms with Crippen LogP contribution in [0.15, 0.2) is 66.4 Å². The zero-order chi connectivity index (χ0) is 21.5. The van der Waals surface area contributed by atoms with E-state index in [1.54, 1.807) is 6.08 Å². The maximum absolute atomic E-state index is 12.5. The number of nitrogens with one attached hydrogen (secondary N) is 1. The molecule has 1 saturated heterocycles. The van der Waals surface area contributed by atoms with Crippen molar-refractivity contribution < 1.29 is 14.3 Å². The summed E-state index contributed by atoms with van der Waals surface area (Å²) in [5.74, 6) is 0.455. The summed E-state index contributed by atoms with van der Waals surface area (Å²) in [4.78, 5) is 12.5. The molecule has 0 radical (unpaired) electrons. The zero-order valence-electron chi connectivity index (χ0n) is 17.3. The molecule has 3 aromatic rings. The fourth-order valence-electron chi connectivity index (χ4n) is 3.76. The van der Waals surface area contributed by atoms with Gasteiger partial charge in [-0.3, -0.25) is 4.79 Å². The minimum atomic E-state index is -0.373. The first-order valence-corrected chi connectivity index (χ1v) is 10.5. The number of nitrogens with zero attached hydrogens (tertiary/aromatic N) is 2. The zero-order valence-corrected chi connectivity index (χ0v) is 17.3. The number of hydrogen-bond acceptors (Lipinski definition) is 4. The van der Waals surface area contributed by atoms with Gasteiger partial charge in [-0.25, -0.2) is 0 Å². The SMILES string of the molecule is N#C/C(=C/c1cn(CCOc2ccccc2)c2ccccc12)C(=O)NC[C@@H]1CCCO1. The molecular formula is C25H25N3O3. The average molecular weight is 415 g/mol. The lowest BCUT2D eigenvalue weighted by molar-refractivity contribution is -0.117. The Bertz CT molecular complexity index is 1110. The number of ether oxygens (including phenoxy) is 2. The van der Waals surface area contributed by atoms with Gasteiger partial charge in [0.1, 0.15) is 24.0 Å². The molecule has 1 aliphatic heterocycles. The Labute approximate surface area is 181 Å². The van der Waals surface area contributed by atoms with Crippen molar-refractivity contribution >= 4 is 22.9 Å². The summed E-state index contributed by atoms with van der Waals surface area (Å²) in [7, 11) is 0. The summed E-state index contributed by atoms with van der Waals surface area (Å²) < 4.78 is 13.4. The Balaban J connectivity index is 1.49. The molecule has 2 heterocycles. The van der Waals surface area contributed by atoms with Crippen molar-refractivity contribution in [3.05, 3.63) is 71.9 Å². The number of nitriles is 1. The molecule has 1 aliphatic rings. The van der Waals surface area contributed by atoms with Crippen LogP contribution in [0, 0.1) is 11.3 Å². The number of benzene rings is 2. The van der Waals surface area contributed by atoms with Crippen LogP contribution in [0.2, 0.25) is 0 Å². The van der Waals surface area contributed by atoms with Crippen LogP contribution in [-0.4, -0.2) is 36.3 Å². The highest BCUT2D eigenvalue weighted by Crippen LogP contribution is 2.24. The Morgan fingerprint density at radius 2 is 2.03 bits per heavy atom. The fourth-order valence-corrected chi connectivity index (χ4v) is 3.76. The van der Waals surface area contributed by atoms with Gasteiger partial charge in [0.15, 0.2) is 0 Å². The van der Waals surface area contributed by atoms with E-state index in [4.69, 9.17) is 9.47 Å². The standard InChI is InChI=1S/C25H25N3O3/c26-16-19(25(29)27-17-22-9-6-13-30-22)15-20-18-28(24-11-5-4-10-23(20)24)12-14-31-21-7-2-1-3-8-21/h1-5,7-8,10-11,15,18,22H,6,9,12-14,17H2,(H,27,29)/b19-15-/t22-/m0/s1. The molecule has 1 aromatic heterocycles. The molecule has 6 nitrogen and oxygen atoms in total. The summed E-state index contributed by atoms with van der Waals surface area (Å²) in [5, 5.41) is 13.4. The normalized spacial score (nSPS) is 16.2. The Hall–Kier alpha value is -3.56. The lowest BCUT2D eigenvalue weighted by atomic mass is 10.1. The molecule has 0 saturated carbocycles. The van der Waals surface area contributed by atoms with Crippen LogP contribution >= 0.6 is 0 Å². The number of rotatable bonds is 8. The van der Waals surface area contributed by atoms with E-state index in [1.165, 1.54) is 0 Å². The van der Waals surface area contributed by atoms with Gasteiger partial charge in [0.25, 0.3) is 5.91 Å². The van der Waals surface area contributed by atoms with Crippen LogP contribution in [0.3, 0.4) is 0 Å². The number of aromatic nitrogens is 1. The molecule has 0 unspecified atom stereocenters. The molecule has 31 heavy (non-hydrogen) atoms. The molecule has 6 heteroatoms. The monoisotopic (exact) mass is 415 g/mol. The highest BCUT2D eigenvalue weighted by Gasteiger charge is 2.18. The molecule has 0 bridgehead atoms. The van der Waals surface area contributed by atoms with Gasteiger partial charge < -0.3 is 19.4 Å². The lowest BCUT2D eigenvalue weighted by Crippen LogP contribution is -2.32. The highest BCUT2D eigenvalue weighted by atomic mass is 16.5. The molecule has 0 spiro atoms. The van der Waals surface area contributed by atoms with Gasteiger partial charge in [0.2, 0.25) is 0 Å². The number of amides is 1. The van der Waals surface area contributed by atoms with E-state index >= 15 is 0 Å². The minimum Gasteiger partial charge on any atom is -0.492 e. The van der Waals surface area contributed by atoms with Gasteiger partial charge in [-0.15, -0.1) is 0 Å². The van der Waals surface area contributed by atoms with E-state index in [1.807, 2.05) is 66.9 Å². The van der Waals surface area contributed by atoms with Crippen molar-refractivity contribution in [2.75, 3.05) is 19.8 Å². The first kappa shape index (κ1) is 20.7. The predicted molar refractivity (Wildman–Crippen MR) is 119 cm³/mol. The van der Waals surface area contributed by atoms with Crippen molar-refractivity contribution in [1.82, 2.24) is 9.88 Å². The number of carbonyl (C=O) groups excluding carboxylic acids is 1.